The molecule has 0 unspecified atom stereocenters. The molecule has 2 rings (SSSR count). The van der Waals surface area contributed by atoms with Gasteiger partial charge in [-0.1, -0.05) is 13.8 Å². The van der Waals surface area contributed by atoms with Crippen molar-refractivity contribution in [2.45, 2.75) is 52.8 Å². The van der Waals surface area contributed by atoms with E-state index in [0.29, 0.717) is 12.5 Å². The molecule has 0 aliphatic heterocycles. The summed E-state index contributed by atoms with van der Waals surface area (Å²) in [7, 11) is 1.74. The summed E-state index contributed by atoms with van der Waals surface area (Å²) in [4.78, 5) is 8.50. The quantitative estimate of drug-likeness (QED) is 0.760. The fraction of sp³-hybridized carbons (Fsp3) is 0.800. The van der Waals surface area contributed by atoms with Gasteiger partial charge in [-0.15, -0.1) is 11.3 Å². The molecule has 0 amide bonds. The molecule has 114 valence electrons. The molecular formula is C15H27N3OS. The lowest BCUT2D eigenvalue weighted by Gasteiger charge is -2.21. The van der Waals surface area contributed by atoms with Crippen molar-refractivity contribution in [2.24, 2.45) is 5.92 Å². The zero-order valence-corrected chi connectivity index (χ0v) is 13.9. The average Bonchev–Trinajstić information content (AvgIpc) is 3.15. The molecule has 0 atom stereocenters. The fourth-order valence-corrected chi connectivity index (χ4v) is 3.29. The number of ether oxygens (including phenoxy) is 1. The number of rotatable bonds is 9. The van der Waals surface area contributed by atoms with Crippen molar-refractivity contribution < 1.29 is 4.74 Å². The molecule has 0 aromatic carbocycles. The second-order valence-corrected chi connectivity index (χ2v) is 6.95. The molecule has 1 heterocycles. The Morgan fingerprint density at radius 3 is 2.75 bits per heavy atom. The van der Waals surface area contributed by atoms with Crippen LogP contribution in [0.5, 0.6) is 0 Å². The van der Waals surface area contributed by atoms with Gasteiger partial charge in [-0.25, -0.2) is 4.98 Å². The monoisotopic (exact) mass is 297 g/mol. The van der Waals surface area contributed by atoms with Crippen LogP contribution >= 0.6 is 11.3 Å². The first-order valence-electron chi connectivity index (χ1n) is 7.59. The highest BCUT2D eigenvalue weighted by molar-refractivity contribution is 7.15. The van der Waals surface area contributed by atoms with E-state index >= 15 is 0 Å². The lowest BCUT2D eigenvalue weighted by molar-refractivity contribution is 0.181. The van der Waals surface area contributed by atoms with E-state index < -0.39 is 0 Å². The molecule has 0 spiro atoms. The van der Waals surface area contributed by atoms with Crippen molar-refractivity contribution in [3.8, 4) is 0 Å². The molecule has 1 fully saturated rings. The Balaban J connectivity index is 2.08. The Hall–Kier alpha value is -0.650. The van der Waals surface area contributed by atoms with E-state index in [1.807, 2.05) is 11.3 Å². The van der Waals surface area contributed by atoms with Crippen LogP contribution < -0.4 is 10.2 Å². The predicted octanol–water partition coefficient (Wildman–Crippen LogP) is 3.02. The Morgan fingerprint density at radius 2 is 2.20 bits per heavy atom. The minimum Gasteiger partial charge on any atom is -0.378 e. The number of hydrogen-bond donors (Lipinski definition) is 1. The Labute approximate surface area is 126 Å². The van der Waals surface area contributed by atoms with Crippen LogP contribution in [0, 0.1) is 5.92 Å². The number of thiazole rings is 1. The van der Waals surface area contributed by atoms with Crippen LogP contribution in [-0.2, 0) is 17.9 Å². The van der Waals surface area contributed by atoms with Gasteiger partial charge in [0, 0.05) is 37.7 Å². The first-order chi connectivity index (χ1) is 9.63. The third kappa shape index (κ3) is 4.43. The molecule has 0 saturated heterocycles. The van der Waals surface area contributed by atoms with E-state index in [9.17, 15) is 0 Å². The summed E-state index contributed by atoms with van der Waals surface area (Å²) in [5, 5.41) is 4.72. The average molecular weight is 297 g/mol. The lowest BCUT2D eigenvalue weighted by Crippen LogP contribution is -2.27. The summed E-state index contributed by atoms with van der Waals surface area (Å²) in [6.07, 6.45) is 2.64. The van der Waals surface area contributed by atoms with E-state index in [0.717, 1.165) is 36.5 Å². The number of hydrogen-bond acceptors (Lipinski definition) is 5. The van der Waals surface area contributed by atoms with Crippen molar-refractivity contribution in [3.63, 3.8) is 0 Å². The van der Waals surface area contributed by atoms with Gasteiger partial charge >= 0.3 is 0 Å². The van der Waals surface area contributed by atoms with Crippen LogP contribution in [-0.4, -0.2) is 31.2 Å². The Morgan fingerprint density at radius 1 is 1.45 bits per heavy atom. The van der Waals surface area contributed by atoms with Gasteiger partial charge in [0.2, 0.25) is 0 Å². The van der Waals surface area contributed by atoms with Gasteiger partial charge in [-0.2, -0.15) is 0 Å². The van der Waals surface area contributed by atoms with Crippen molar-refractivity contribution in [1.82, 2.24) is 10.3 Å². The molecule has 0 bridgehead atoms. The van der Waals surface area contributed by atoms with Gasteiger partial charge in [0.05, 0.1) is 12.3 Å². The second kappa shape index (κ2) is 7.38. The molecule has 1 aliphatic carbocycles. The van der Waals surface area contributed by atoms with Gasteiger partial charge < -0.3 is 15.0 Å². The zero-order valence-electron chi connectivity index (χ0n) is 13.1. The van der Waals surface area contributed by atoms with Crippen molar-refractivity contribution in [3.05, 3.63) is 10.6 Å². The van der Waals surface area contributed by atoms with Crippen molar-refractivity contribution >= 4 is 16.5 Å². The standard InChI is InChI=1S/C15H27N3OS/c1-5-18(9-11(2)3)15-17-13(10-19-4)14(20-15)8-16-12-6-7-12/h11-12,16H,5-10H2,1-4H3. The SMILES string of the molecule is CCN(CC(C)C)c1nc(COC)c(CNC2CC2)s1. The first kappa shape index (κ1) is 15.7. The van der Waals surface area contributed by atoms with Gasteiger partial charge in [0.1, 0.15) is 0 Å². The third-order valence-electron chi connectivity index (χ3n) is 3.41. The largest absolute Gasteiger partial charge is 0.378 e. The highest BCUT2D eigenvalue weighted by atomic mass is 32.1. The first-order valence-corrected chi connectivity index (χ1v) is 8.41. The summed E-state index contributed by atoms with van der Waals surface area (Å²) in [6, 6.07) is 0.730. The topological polar surface area (TPSA) is 37.4 Å². The summed E-state index contributed by atoms with van der Waals surface area (Å²) >= 11 is 1.82. The van der Waals surface area contributed by atoms with E-state index in [-0.39, 0.29) is 0 Å². The van der Waals surface area contributed by atoms with Crippen molar-refractivity contribution in [1.29, 1.82) is 0 Å². The second-order valence-electron chi connectivity index (χ2n) is 5.89. The molecule has 0 radical (unpaired) electrons. The summed E-state index contributed by atoms with van der Waals surface area (Å²) < 4.78 is 5.30. The van der Waals surface area contributed by atoms with Crippen LogP contribution in [0.4, 0.5) is 5.13 Å². The maximum Gasteiger partial charge on any atom is 0.185 e. The van der Waals surface area contributed by atoms with E-state index in [1.165, 1.54) is 17.7 Å². The minimum absolute atomic E-state index is 0.609. The zero-order chi connectivity index (χ0) is 14.5. The number of nitrogens with zero attached hydrogens (tertiary/aromatic N) is 2. The van der Waals surface area contributed by atoms with Crippen molar-refractivity contribution in [2.75, 3.05) is 25.1 Å². The predicted molar refractivity (Wildman–Crippen MR) is 85.4 cm³/mol. The van der Waals surface area contributed by atoms with Crippen LogP contribution in [0.1, 0.15) is 44.2 Å². The Bertz CT molecular complexity index is 415. The fourth-order valence-electron chi connectivity index (χ4n) is 2.20. The molecule has 5 heteroatoms. The maximum absolute atomic E-state index is 5.30. The molecular weight excluding hydrogens is 270 g/mol. The number of methoxy groups -OCH3 is 1. The number of aromatic nitrogens is 1. The van der Waals surface area contributed by atoms with Crippen LogP contribution in [0.25, 0.3) is 0 Å². The van der Waals surface area contributed by atoms with Crippen LogP contribution in [0.3, 0.4) is 0 Å². The molecule has 1 N–H and O–H groups in total. The molecule has 1 aromatic heterocycles. The summed E-state index contributed by atoms with van der Waals surface area (Å²) in [5.41, 5.74) is 1.10. The molecule has 1 aliphatic rings. The van der Waals surface area contributed by atoms with Crippen LogP contribution in [0.2, 0.25) is 0 Å². The normalized spacial score (nSPS) is 15.1. The number of anilines is 1. The van der Waals surface area contributed by atoms with Gasteiger partial charge in [-0.3, -0.25) is 0 Å². The van der Waals surface area contributed by atoms with Gasteiger partial charge in [0.15, 0.2) is 5.13 Å². The lowest BCUT2D eigenvalue weighted by atomic mass is 10.2. The smallest absolute Gasteiger partial charge is 0.185 e. The highest BCUT2D eigenvalue weighted by Gasteiger charge is 2.22. The molecule has 20 heavy (non-hydrogen) atoms. The van der Waals surface area contributed by atoms with E-state index in [4.69, 9.17) is 9.72 Å². The van der Waals surface area contributed by atoms with E-state index in [1.54, 1.807) is 7.11 Å². The molecule has 4 nitrogen and oxygen atoms in total. The molecule has 1 aromatic rings. The molecule has 1 saturated carbocycles. The summed E-state index contributed by atoms with van der Waals surface area (Å²) in [6.45, 7) is 10.3. The third-order valence-corrected chi connectivity index (χ3v) is 4.57. The highest BCUT2D eigenvalue weighted by Crippen LogP contribution is 2.29. The van der Waals surface area contributed by atoms with Crippen LogP contribution in [0.15, 0.2) is 0 Å². The maximum atomic E-state index is 5.30. The van der Waals surface area contributed by atoms with Gasteiger partial charge in [0.25, 0.3) is 0 Å². The summed E-state index contributed by atoms with van der Waals surface area (Å²) in [5.74, 6) is 0.651. The Kier molecular flexibility index (Phi) is 5.81. The van der Waals surface area contributed by atoms with E-state index in [2.05, 4.69) is 31.0 Å². The number of nitrogens with one attached hydrogen (secondary N) is 1. The van der Waals surface area contributed by atoms with Gasteiger partial charge in [-0.05, 0) is 25.7 Å². The minimum atomic E-state index is 0.609.